The fourth-order valence-corrected chi connectivity index (χ4v) is 0.250. The van der Waals surface area contributed by atoms with Crippen LogP contribution in [0, 0.1) is 0 Å². The van der Waals surface area contributed by atoms with Crippen molar-refractivity contribution < 1.29 is 9.78 Å². The summed E-state index contributed by atoms with van der Waals surface area (Å²) < 4.78 is 0. The van der Waals surface area contributed by atoms with Crippen LogP contribution in [0.2, 0.25) is 0 Å². The highest BCUT2D eigenvalue weighted by Gasteiger charge is 2.18. The number of rotatable bonds is 2. The highest BCUT2D eigenvalue weighted by atomic mass is 17.2. The Kier molecular flexibility index (Phi) is 8.46. The Morgan fingerprint density at radius 1 is 0.643 bits per heavy atom. The van der Waals surface area contributed by atoms with Gasteiger partial charge in [-0.2, -0.15) is 0 Å². The molecule has 2 nitrogen and oxygen atoms in total. The molecule has 0 aliphatic heterocycles. The van der Waals surface area contributed by atoms with E-state index in [1.807, 2.05) is 41.5 Å². The van der Waals surface area contributed by atoms with Crippen molar-refractivity contribution in [3.05, 3.63) is 0 Å². The molecule has 0 aliphatic rings. The van der Waals surface area contributed by atoms with Gasteiger partial charge < -0.3 is 0 Å². The summed E-state index contributed by atoms with van der Waals surface area (Å²) in [6, 6.07) is 0. The van der Waals surface area contributed by atoms with Crippen LogP contribution in [0.1, 0.15) is 68.2 Å². The largest absolute Gasteiger partial charge is 0.230 e. The molecule has 0 aromatic heterocycles. The molecule has 0 amide bonds. The Labute approximate surface area is 89.9 Å². The SMILES string of the molecule is CC(C)(C)OOC(C)(C)C.CCCC. The Balaban J connectivity index is 0. The maximum atomic E-state index is 5.09. The van der Waals surface area contributed by atoms with E-state index < -0.39 is 0 Å². The lowest BCUT2D eigenvalue weighted by Gasteiger charge is -2.24. The molecule has 0 N–H and O–H groups in total. The highest BCUT2D eigenvalue weighted by molar-refractivity contribution is 4.58. The molecule has 0 saturated heterocycles. The molecule has 0 aromatic rings. The van der Waals surface area contributed by atoms with E-state index in [1.165, 1.54) is 12.8 Å². The van der Waals surface area contributed by atoms with Crippen LogP contribution in [0.15, 0.2) is 0 Å². The fraction of sp³-hybridized carbons (Fsp3) is 1.00. The summed E-state index contributed by atoms with van der Waals surface area (Å²) in [4.78, 5) is 10.2. The quantitative estimate of drug-likeness (QED) is 0.492. The molecule has 0 aromatic carbocycles. The zero-order chi connectivity index (χ0) is 11.8. The molecule has 0 bridgehead atoms. The normalized spacial score (nSPS) is 12.0. The third-order valence-electron chi connectivity index (χ3n) is 1.04. The van der Waals surface area contributed by atoms with Crippen molar-refractivity contribution in [3.8, 4) is 0 Å². The van der Waals surface area contributed by atoms with Crippen molar-refractivity contribution in [3.63, 3.8) is 0 Å². The first-order valence-electron chi connectivity index (χ1n) is 5.49. The van der Waals surface area contributed by atoms with E-state index in [2.05, 4.69) is 13.8 Å². The van der Waals surface area contributed by atoms with Gasteiger partial charge in [-0.1, -0.05) is 26.7 Å². The topological polar surface area (TPSA) is 18.5 Å². The molecule has 0 spiro atoms. The van der Waals surface area contributed by atoms with Gasteiger partial charge in [0.05, 0.1) is 11.2 Å². The van der Waals surface area contributed by atoms with Crippen molar-refractivity contribution in [1.29, 1.82) is 0 Å². The van der Waals surface area contributed by atoms with Gasteiger partial charge in [0.15, 0.2) is 0 Å². The van der Waals surface area contributed by atoms with Gasteiger partial charge in [0.25, 0.3) is 0 Å². The summed E-state index contributed by atoms with van der Waals surface area (Å²) in [6.07, 6.45) is 2.64. The molecule has 2 heteroatoms. The number of unbranched alkanes of at least 4 members (excludes halogenated alkanes) is 1. The Morgan fingerprint density at radius 3 is 0.929 bits per heavy atom. The molecule has 0 saturated carbocycles. The summed E-state index contributed by atoms with van der Waals surface area (Å²) in [5.41, 5.74) is -0.430. The fourth-order valence-electron chi connectivity index (χ4n) is 0.250. The van der Waals surface area contributed by atoms with Gasteiger partial charge in [-0.05, 0) is 41.5 Å². The Hall–Kier alpha value is -0.0800. The lowest BCUT2D eigenvalue weighted by Crippen LogP contribution is -2.27. The molecule has 14 heavy (non-hydrogen) atoms. The molecule has 0 unspecified atom stereocenters. The van der Waals surface area contributed by atoms with Crippen molar-refractivity contribution in [2.75, 3.05) is 0 Å². The van der Waals surface area contributed by atoms with Crippen LogP contribution in [0.4, 0.5) is 0 Å². The highest BCUT2D eigenvalue weighted by Crippen LogP contribution is 2.14. The minimum atomic E-state index is -0.215. The second-order valence-electron chi connectivity index (χ2n) is 5.39. The maximum Gasteiger partial charge on any atom is 0.0952 e. The molecule has 0 aliphatic carbocycles. The summed E-state index contributed by atoms with van der Waals surface area (Å²) >= 11 is 0. The smallest absolute Gasteiger partial charge is 0.0952 e. The Morgan fingerprint density at radius 2 is 0.857 bits per heavy atom. The van der Waals surface area contributed by atoms with E-state index in [0.29, 0.717) is 0 Å². The molecular weight excluding hydrogens is 176 g/mol. The summed E-state index contributed by atoms with van der Waals surface area (Å²) in [5.74, 6) is 0. The minimum Gasteiger partial charge on any atom is -0.230 e. The van der Waals surface area contributed by atoms with Gasteiger partial charge in [0.1, 0.15) is 0 Å². The first-order valence-corrected chi connectivity index (χ1v) is 5.49. The second kappa shape index (κ2) is 7.24. The monoisotopic (exact) mass is 204 g/mol. The van der Waals surface area contributed by atoms with Gasteiger partial charge in [-0.15, -0.1) is 0 Å². The molecule has 0 radical (unpaired) electrons. The van der Waals surface area contributed by atoms with Crippen molar-refractivity contribution in [2.24, 2.45) is 0 Å². The van der Waals surface area contributed by atoms with Crippen LogP contribution in [0.3, 0.4) is 0 Å². The van der Waals surface area contributed by atoms with E-state index in [4.69, 9.17) is 9.78 Å². The third kappa shape index (κ3) is 22.7. The van der Waals surface area contributed by atoms with Crippen LogP contribution < -0.4 is 0 Å². The first kappa shape index (κ1) is 16.4. The lowest BCUT2D eigenvalue weighted by molar-refractivity contribution is -0.393. The van der Waals surface area contributed by atoms with E-state index in [9.17, 15) is 0 Å². The van der Waals surface area contributed by atoms with Crippen LogP contribution >= 0.6 is 0 Å². The van der Waals surface area contributed by atoms with Crippen LogP contribution in [-0.4, -0.2) is 11.2 Å². The molecular formula is C12H28O2. The average Bonchev–Trinajstić information content (AvgIpc) is 1.99. The van der Waals surface area contributed by atoms with Gasteiger partial charge in [0, 0.05) is 0 Å². The standard InChI is InChI=1S/C8H18O2.C4H10/c1-7(2,3)9-10-8(4,5)6;1-3-4-2/h1-6H3;3-4H2,1-2H3. The van der Waals surface area contributed by atoms with Crippen molar-refractivity contribution in [1.82, 2.24) is 0 Å². The molecule has 0 rings (SSSR count). The molecule has 88 valence electrons. The number of hydrogen-bond donors (Lipinski definition) is 0. The summed E-state index contributed by atoms with van der Waals surface area (Å²) in [6.45, 7) is 16.1. The predicted molar refractivity (Wildman–Crippen MR) is 62.3 cm³/mol. The van der Waals surface area contributed by atoms with Crippen molar-refractivity contribution in [2.45, 2.75) is 79.4 Å². The molecule has 0 heterocycles. The van der Waals surface area contributed by atoms with Crippen molar-refractivity contribution >= 4 is 0 Å². The van der Waals surface area contributed by atoms with E-state index in [1.54, 1.807) is 0 Å². The molecule has 0 fully saturated rings. The van der Waals surface area contributed by atoms with Gasteiger partial charge in [-0.25, -0.2) is 9.78 Å². The van der Waals surface area contributed by atoms with E-state index in [-0.39, 0.29) is 11.2 Å². The van der Waals surface area contributed by atoms with Crippen LogP contribution in [0.25, 0.3) is 0 Å². The zero-order valence-corrected chi connectivity index (χ0v) is 11.2. The predicted octanol–water partition coefficient (Wildman–Crippen LogP) is 4.34. The average molecular weight is 204 g/mol. The van der Waals surface area contributed by atoms with Gasteiger partial charge >= 0.3 is 0 Å². The zero-order valence-electron chi connectivity index (χ0n) is 11.2. The summed E-state index contributed by atoms with van der Waals surface area (Å²) in [5, 5.41) is 0. The van der Waals surface area contributed by atoms with E-state index in [0.717, 1.165) is 0 Å². The third-order valence-corrected chi connectivity index (χ3v) is 1.04. The van der Waals surface area contributed by atoms with Gasteiger partial charge in [0.2, 0.25) is 0 Å². The maximum absolute atomic E-state index is 5.09. The van der Waals surface area contributed by atoms with E-state index >= 15 is 0 Å². The minimum absolute atomic E-state index is 0.215. The Bertz CT molecular complexity index is 101. The second-order valence-corrected chi connectivity index (χ2v) is 5.39. The summed E-state index contributed by atoms with van der Waals surface area (Å²) in [7, 11) is 0. The van der Waals surface area contributed by atoms with Crippen LogP contribution in [-0.2, 0) is 9.78 Å². The number of hydrogen-bond acceptors (Lipinski definition) is 2. The molecule has 0 atom stereocenters. The van der Waals surface area contributed by atoms with Crippen LogP contribution in [0.5, 0.6) is 0 Å². The lowest BCUT2D eigenvalue weighted by atomic mass is 10.2. The first-order chi connectivity index (χ1) is 6.12. The van der Waals surface area contributed by atoms with Gasteiger partial charge in [-0.3, -0.25) is 0 Å².